The Morgan fingerprint density at radius 2 is 1.48 bits per heavy atom. The number of hydrogen-bond donors (Lipinski definition) is 1. The average molecular weight is 419 g/mol. The van der Waals surface area contributed by atoms with Gasteiger partial charge in [0.25, 0.3) is 0 Å². The van der Waals surface area contributed by atoms with Crippen molar-refractivity contribution in [3.05, 3.63) is 77.9 Å². The van der Waals surface area contributed by atoms with Gasteiger partial charge in [-0.1, -0.05) is 12.1 Å². The van der Waals surface area contributed by atoms with Crippen LogP contribution in [0.25, 0.3) is 11.1 Å². The summed E-state index contributed by atoms with van der Waals surface area (Å²) in [5.74, 6) is -0.00118. The van der Waals surface area contributed by atoms with Crippen LogP contribution in [0, 0.1) is 11.6 Å². The first-order valence-corrected chi connectivity index (χ1v) is 10.1. The van der Waals surface area contributed by atoms with Gasteiger partial charge in [0, 0.05) is 17.7 Å². The molecular formula is C21H19F2NO4S. The fourth-order valence-electron chi connectivity index (χ4n) is 2.83. The number of methoxy groups -OCH3 is 2. The van der Waals surface area contributed by atoms with E-state index in [1.54, 1.807) is 18.2 Å². The van der Waals surface area contributed by atoms with Gasteiger partial charge < -0.3 is 9.47 Å². The summed E-state index contributed by atoms with van der Waals surface area (Å²) in [6, 6.07) is 13.8. The number of ether oxygens (including phenoxy) is 2. The molecule has 0 aliphatic rings. The van der Waals surface area contributed by atoms with Crippen LogP contribution in [-0.2, 0) is 16.6 Å². The van der Waals surface area contributed by atoms with E-state index in [2.05, 4.69) is 4.72 Å². The first-order chi connectivity index (χ1) is 13.8. The first kappa shape index (κ1) is 20.8. The monoisotopic (exact) mass is 419 g/mol. The molecule has 0 heterocycles. The number of halogens is 2. The van der Waals surface area contributed by atoms with Crippen LogP contribution in [0.1, 0.15) is 5.56 Å². The third-order valence-corrected chi connectivity index (χ3v) is 5.75. The minimum Gasteiger partial charge on any atom is -0.496 e. The SMILES string of the molecule is COc1cc(-c2cc(F)ccc2OC)ccc1CNS(=O)(=O)c1ccc(F)cc1. The van der Waals surface area contributed by atoms with Crippen molar-refractivity contribution in [2.24, 2.45) is 0 Å². The highest BCUT2D eigenvalue weighted by Crippen LogP contribution is 2.34. The molecule has 5 nitrogen and oxygen atoms in total. The number of sulfonamides is 1. The van der Waals surface area contributed by atoms with E-state index < -0.39 is 21.7 Å². The summed E-state index contributed by atoms with van der Waals surface area (Å²) in [5, 5.41) is 0. The highest BCUT2D eigenvalue weighted by Gasteiger charge is 2.16. The molecule has 0 spiro atoms. The summed E-state index contributed by atoms with van der Waals surface area (Å²) in [6.45, 7) is -0.0382. The van der Waals surface area contributed by atoms with E-state index in [0.717, 1.165) is 12.1 Å². The molecule has 152 valence electrons. The van der Waals surface area contributed by atoms with Gasteiger partial charge in [-0.25, -0.2) is 21.9 Å². The molecule has 0 bridgehead atoms. The van der Waals surface area contributed by atoms with E-state index >= 15 is 0 Å². The Morgan fingerprint density at radius 3 is 2.14 bits per heavy atom. The smallest absolute Gasteiger partial charge is 0.240 e. The Labute approximate surface area is 168 Å². The fourth-order valence-corrected chi connectivity index (χ4v) is 3.84. The Bertz CT molecular complexity index is 1120. The van der Waals surface area contributed by atoms with Crippen molar-refractivity contribution in [1.29, 1.82) is 0 Å². The Morgan fingerprint density at radius 1 is 0.828 bits per heavy atom. The molecule has 0 saturated heterocycles. The summed E-state index contributed by atoms with van der Waals surface area (Å²) in [5.41, 5.74) is 1.78. The Balaban J connectivity index is 1.86. The Kier molecular flexibility index (Phi) is 6.14. The van der Waals surface area contributed by atoms with Crippen LogP contribution in [0.4, 0.5) is 8.78 Å². The van der Waals surface area contributed by atoms with Crippen molar-refractivity contribution >= 4 is 10.0 Å². The maximum Gasteiger partial charge on any atom is 0.240 e. The van der Waals surface area contributed by atoms with E-state index in [4.69, 9.17) is 9.47 Å². The molecule has 0 aliphatic heterocycles. The summed E-state index contributed by atoms with van der Waals surface area (Å²) in [7, 11) is -0.870. The topological polar surface area (TPSA) is 64.6 Å². The molecule has 0 atom stereocenters. The van der Waals surface area contributed by atoms with Gasteiger partial charge in [-0.3, -0.25) is 0 Å². The van der Waals surface area contributed by atoms with Crippen LogP contribution < -0.4 is 14.2 Å². The van der Waals surface area contributed by atoms with Gasteiger partial charge in [-0.2, -0.15) is 0 Å². The molecule has 3 aromatic carbocycles. The lowest BCUT2D eigenvalue weighted by molar-refractivity contribution is 0.408. The normalized spacial score (nSPS) is 11.3. The zero-order valence-corrected chi connectivity index (χ0v) is 16.6. The van der Waals surface area contributed by atoms with E-state index in [9.17, 15) is 17.2 Å². The molecule has 8 heteroatoms. The van der Waals surface area contributed by atoms with Crippen molar-refractivity contribution in [2.45, 2.75) is 11.4 Å². The maximum absolute atomic E-state index is 13.7. The second-order valence-electron chi connectivity index (χ2n) is 6.15. The minimum absolute atomic E-state index is 0.0382. The van der Waals surface area contributed by atoms with Crippen molar-refractivity contribution in [1.82, 2.24) is 4.72 Å². The van der Waals surface area contributed by atoms with Gasteiger partial charge in [-0.05, 0) is 54.1 Å². The lowest BCUT2D eigenvalue weighted by Crippen LogP contribution is -2.23. The number of rotatable bonds is 7. The molecule has 29 heavy (non-hydrogen) atoms. The highest BCUT2D eigenvalue weighted by molar-refractivity contribution is 7.89. The van der Waals surface area contributed by atoms with Crippen LogP contribution in [0.3, 0.4) is 0 Å². The zero-order valence-electron chi connectivity index (χ0n) is 15.8. The van der Waals surface area contributed by atoms with Crippen LogP contribution in [-0.4, -0.2) is 22.6 Å². The Hall–Kier alpha value is -2.97. The van der Waals surface area contributed by atoms with Gasteiger partial charge in [0.2, 0.25) is 10.0 Å². The summed E-state index contributed by atoms with van der Waals surface area (Å²) < 4.78 is 64.6. The fraction of sp³-hybridized carbons (Fsp3) is 0.143. The molecule has 3 aromatic rings. The number of hydrogen-bond acceptors (Lipinski definition) is 4. The average Bonchev–Trinajstić information content (AvgIpc) is 2.72. The quantitative estimate of drug-likeness (QED) is 0.626. The minimum atomic E-state index is -3.82. The van der Waals surface area contributed by atoms with Crippen LogP contribution >= 0.6 is 0 Å². The largest absolute Gasteiger partial charge is 0.496 e. The third-order valence-electron chi connectivity index (χ3n) is 4.34. The second kappa shape index (κ2) is 8.59. The summed E-state index contributed by atoms with van der Waals surface area (Å²) in [4.78, 5) is -0.0426. The van der Waals surface area contributed by atoms with Crippen LogP contribution in [0.15, 0.2) is 65.6 Å². The second-order valence-corrected chi connectivity index (χ2v) is 7.92. The van der Waals surface area contributed by atoms with Crippen LogP contribution in [0.5, 0.6) is 11.5 Å². The molecular weight excluding hydrogens is 400 g/mol. The predicted octanol–water partition coefficient (Wildman–Crippen LogP) is 4.13. The maximum atomic E-state index is 13.7. The first-order valence-electron chi connectivity index (χ1n) is 8.60. The summed E-state index contributed by atoms with van der Waals surface area (Å²) >= 11 is 0. The highest BCUT2D eigenvalue weighted by atomic mass is 32.2. The number of nitrogens with one attached hydrogen (secondary N) is 1. The molecule has 0 saturated carbocycles. The molecule has 0 amide bonds. The number of benzene rings is 3. The summed E-state index contributed by atoms with van der Waals surface area (Å²) in [6.07, 6.45) is 0. The molecule has 0 aromatic heterocycles. The van der Waals surface area contributed by atoms with E-state index in [1.807, 2.05) is 0 Å². The molecule has 0 aliphatic carbocycles. The lowest BCUT2D eigenvalue weighted by Gasteiger charge is -2.14. The van der Waals surface area contributed by atoms with Crippen molar-refractivity contribution in [3.8, 4) is 22.6 Å². The van der Waals surface area contributed by atoms with Gasteiger partial charge >= 0.3 is 0 Å². The van der Waals surface area contributed by atoms with Crippen molar-refractivity contribution in [2.75, 3.05) is 14.2 Å². The molecule has 0 unspecified atom stereocenters. The molecule has 1 N–H and O–H groups in total. The van der Waals surface area contributed by atoms with Gasteiger partial charge in [0.1, 0.15) is 23.1 Å². The van der Waals surface area contributed by atoms with E-state index in [1.165, 1.54) is 44.6 Å². The predicted molar refractivity (Wildman–Crippen MR) is 105 cm³/mol. The van der Waals surface area contributed by atoms with Crippen LogP contribution in [0.2, 0.25) is 0 Å². The molecule has 0 fully saturated rings. The van der Waals surface area contributed by atoms with Crippen molar-refractivity contribution in [3.63, 3.8) is 0 Å². The van der Waals surface area contributed by atoms with E-state index in [0.29, 0.717) is 28.2 Å². The van der Waals surface area contributed by atoms with Crippen molar-refractivity contribution < 1.29 is 26.7 Å². The van der Waals surface area contributed by atoms with Gasteiger partial charge in [0.05, 0.1) is 19.1 Å². The lowest BCUT2D eigenvalue weighted by atomic mass is 10.0. The van der Waals surface area contributed by atoms with Gasteiger partial charge in [-0.15, -0.1) is 0 Å². The van der Waals surface area contributed by atoms with Gasteiger partial charge in [0.15, 0.2) is 0 Å². The molecule has 0 radical (unpaired) electrons. The molecule has 3 rings (SSSR count). The standard InChI is InChI=1S/C21H19F2NO4S/c1-27-20-10-7-17(23)12-19(20)14-3-4-15(21(11-14)28-2)13-24-29(25,26)18-8-5-16(22)6-9-18/h3-12,24H,13H2,1-2H3. The third kappa shape index (κ3) is 4.72. The van der Waals surface area contributed by atoms with E-state index in [-0.39, 0.29) is 11.4 Å². The zero-order chi connectivity index (χ0) is 21.0.